The Morgan fingerprint density at radius 2 is 2.16 bits per heavy atom. The van der Waals surface area contributed by atoms with E-state index in [1.807, 2.05) is 38.2 Å². The first-order valence-corrected chi connectivity index (χ1v) is 6.90. The van der Waals surface area contributed by atoms with Crippen LogP contribution in [0.15, 0.2) is 28.7 Å². The summed E-state index contributed by atoms with van der Waals surface area (Å²) in [6.45, 7) is 2.29. The maximum absolute atomic E-state index is 5.82. The zero-order chi connectivity index (χ0) is 14.0. The highest BCUT2D eigenvalue weighted by molar-refractivity contribution is 9.10. The predicted octanol–water partition coefficient (Wildman–Crippen LogP) is 2.70. The topological polar surface area (TPSA) is 53.1 Å². The van der Waals surface area contributed by atoms with E-state index in [0.717, 1.165) is 15.7 Å². The number of rotatable bonds is 4. The number of ether oxygens (including phenoxy) is 1. The molecule has 0 amide bonds. The zero-order valence-electron chi connectivity index (χ0n) is 10.7. The summed E-state index contributed by atoms with van der Waals surface area (Å²) in [5, 5.41) is 4.28. The number of aryl methyl sites for hydroxylation is 2. The van der Waals surface area contributed by atoms with Crippen molar-refractivity contribution in [1.29, 1.82) is 0 Å². The summed E-state index contributed by atoms with van der Waals surface area (Å²) in [6, 6.07) is 7.89. The lowest BCUT2D eigenvalue weighted by molar-refractivity contribution is 0.277. The summed E-state index contributed by atoms with van der Waals surface area (Å²) in [5.74, 6) is 0.598. The highest BCUT2D eigenvalue weighted by atomic mass is 79.9. The predicted molar refractivity (Wildman–Crippen MR) is 82.3 cm³/mol. The van der Waals surface area contributed by atoms with E-state index >= 15 is 0 Å². The van der Waals surface area contributed by atoms with Crippen LogP contribution in [0.1, 0.15) is 16.8 Å². The highest BCUT2D eigenvalue weighted by Crippen LogP contribution is 2.24. The van der Waals surface area contributed by atoms with Gasteiger partial charge in [0.05, 0.1) is 11.3 Å². The molecule has 4 nitrogen and oxygen atoms in total. The molecular weight excluding hydrogens is 326 g/mol. The minimum Gasteiger partial charge on any atom is -0.472 e. The molecule has 2 rings (SSSR count). The molecule has 2 N–H and O–H groups in total. The Kier molecular flexibility index (Phi) is 4.21. The molecule has 1 heterocycles. The summed E-state index contributed by atoms with van der Waals surface area (Å²) >= 11 is 8.53. The van der Waals surface area contributed by atoms with Crippen LogP contribution in [0.25, 0.3) is 0 Å². The highest BCUT2D eigenvalue weighted by Gasteiger charge is 2.17. The maximum Gasteiger partial charge on any atom is 0.222 e. The molecule has 0 unspecified atom stereocenters. The van der Waals surface area contributed by atoms with Crippen molar-refractivity contribution in [1.82, 2.24) is 9.78 Å². The Hall–Kier alpha value is -1.40. The van der Waals surface area contributed by atoms with E-state index in [-0.39, 0.29) is 0 Å². The number of aromatic nitrogens is 2. The van der Waals surface area contributed by atoms with Gasteiger partial charge in [0.1, 0.15) is 11.6 Å². The monoisotopic (exact) mass is 339 g/mol. The second kappa shape index (κ2) is 5.71. The summed E-state index contributed by atoms with van der Waals surface area (Å²) in [4.78, 5) is 0.299. The fraction of sp³-hybridized carbons (Fsp3) is 0.231. The van der Waals surface area contributed by atoms with Crippen LogP contribution in [0.5, 0.6) is 5.88 Å². The SMILES string of the molecule is Cc1nn(C)c(OCc2ccccc2Br)c1C(N)=S. The van der Waals surface area contributed by atoms with Crippen LogP contribution in [0.3, 0.4) is 0 Å². The number of thiocarbonyl (C=S) groups is 1. The Labute approximate surface area is 125 Å². The van der Waals surface area contributed by atoms with Crippen LogP contribution < -0.4 is 10.5 Å². The molecule has 0 aliphatic carbocycles. The molecule has 0 aliphatic rings. The Morgan fingerprint density at radius 1 is 1.47 bits per heavy atom. The third kappa shape index (κ3) is 2.96. The van der Waals surface area contributed by atoms with Gasteiger partial charge in [-0.25, -0.2) is 4.68 Å². The van der Waals surface area contributed by atoms with Crippen molar-refractivity contribution in [2.75, 3.05) is 0 Å². The van der Waals surface area contributed by atoms with Crippen LogP contribution in [0.4, 0.5) is 0 Å². The third-order valence-corrected chi connectivity index (χ3v) is 3.72. The van der Waals surface area contributed by atoms with Crippen LogP contribution in [0, 0.1) is 6.92 Å². The molecule has 2 aromatic rings. The summed E-state index contributed by atoms with van der Waals surface area (Å²) in [6.07, 6.45) is 0. The molecule has 0 aliphatic heterocycles. The first-order chi connectivity index (χ1) is 9.00. The van der Waals surface area contributed by atoms with Gasteiger partial charge in [-0.3, -0.25) is 0 Å². The van der Waals surface area contributed by atoms with Gasteiger partial charge >= 0.3 is 0 Å². The molecule has 1 aromatic heterocycles. The number of nitrogens with zero attached hydrogens (tertiary/aromatic N) is 2. The van der Waals surface area contributed by atoms with Crippen LogP contribution in [-0.4, -0.2) is 14.8 Å². The van der Waals surface area contributed by atoms with E-state index in [0.29, 0.717) is 23.0 Å². The average Bonchev–Trinajstić information content (AvgIpc) is 2.63. The van der Waals surface area contributed by atoms with E-state index in [1.165, 1.54) is 0 Å². The van der Waals surface area contributed by atoms with Gasteiger partial charge in [0, 0.05) is 17.1 Å². The van der Waals surface area contributed by atoms with E-state index in [2.05, 4.69) is 21.0 Å². The molecule has 0 fully saturated rings. The minimum absolute atomic E-state index is 0.299. The average molecular weight is 340 g/mol. The largest absolute Gasteiger partial charge is 0.472 e. The molecule has 0 bridgehead atoms. The Balaban J connectivity index is 2.25. The molecular formula is C13H14BrN3OS. The standard InChI is InChI=1S/C13H14BrN3OS/c1-8-11(12(15)19)13(17(2)16-8)18-7-9-5-3-4-6-10(9)14/h3-6H,7H2,1-2H3,(H2,15,19). The number of hydrogen-bond acceptors (Lipinski definition) is 3. The molecule has 0 radical (unpaired) electrons. The fourth-order valence-corrected chi connectivity index (χ4v) is 2.48. The minimum atomic E-state index is 0.299. The van der Waals surface area contributed by atoms with Crippen LogP contribution in [0.2, 0.25) is 0 Å². The quantitative estimate of drug-likeness (QED) is 0.870. The molecule has 0 saturated heterocycles. The number of hydrogen-bond donors (Lipinski definition) is 1. The number of halogens is 1. The van der Waals surface area contributed by atoms with Crippen LogP contribution in [-0.2, 0) is 13.7 Å². The van der Waals surface area contributed by atoms with Crippen molar-refractivity contribution in [3.05, 3.63) is 45.6 Å². The fourth-order valence-electron chi connectivity index (χ4n) is 1.85. The maximum atomic E-state index is 5.82. The van der Waals surface area contributed by atoms with Gasteiger partial charge in [-0.1, -0.05) is 46.3 Å². The van der Waals surface area contributed by atoms with Gasteiger partial charge in [0.2, 0.25) is 5.88 Å². The van der Waals surface area contributed by atoms with Gasteiger partial charge in [-0.05, 0) is 13.0 Å². The van der Waals surface area contributed by atoms with E-state index < -0.39 is 0 Å². The summed E-state index contributed by atoms with van der Waals surface area (Å²) in [5.41, 5.74) is 8.24. The van der Waals surface area contributed by atoms with Crippen molar-refractivity contribution in [2.24, 2.45) is 12.8 Å². The third-order valence-electron chi connectivity index (χ3n) is 2.74. The Morgan fingerprint density at radius 3 is 2.79 bits per heavy atom. The van der Waals surface area contributed by atoms with Crippen molar-refractivity contribution in [3.8, 4) is 5.88 Å². The lowest BCUT2D eigenvalue weighted by Gasteiger charge is -2.09. The molecule has 6 heteroatoms. The first-order valence-electron chi connectivity index (χ1n) is 5.70. The molecule has 1 aromatic carbocycles. The number of nitrogens with two attached hydrogens (primary N) is 1. The first kappa shape index (κ1) is 14.0. The lowest BCUT2D eigenvalue weighted by atomic mass is 10.2. The summed E-state index contributed by atoms with van der Waals surface area (Å²) < 4.78 is 8.48. The van der Waals surface area contributed by atoms with Crippen molar-refractivity contribution in [2.45, 2.75) is 13.5 Å². The normalized spacial score (nSPS) is 10.5. The van der Waals surface area contributed by atoms with Crippen molar-refractivity contribution < 1.29 is 4.74 Å². The van der Waals surface area contributed by atoms with Gasteiger partial charge in [0.15, 0.2) is 0 Å². The second-order valence-electron chi connectivity index (χ2n) is 4.13. The molecule has 0 saturated carbocycles. The molecule has 100 valence electrons. The van der Waals surface area contributed by atoms with E-state index in [4.69, 9.17) is 22.7 Å². The lowest BCUT2D eigenvalue weighted by Crippen LogP contribution is -2.12. The molecule has 0 atom stereocenters. The van der Waals surface area contributed by atoms with E-state index in [1.54, 1.807) is 4.68 Å². The number of benzene rings is 1. The Bertz CT molecular complexity index is 624. The zero-order valence-corrected chi connectivity index (χ0v) is 13.1. The van der Waals surface area contributed by atoms with Crippen LogP contribution >= 0.6 is 28.1 Å². The molecule has 19 heavy (non-hydrogen) atoms. The second-order valence-corrected chi connectivity index (χ2v) is 5.43. The van der Waals surface area contributed by atoms with Crippen molar-refractivity contribution >= 4 is 33.1 Å². The van der Waals surface area contributed by atoms with Gasteiger partial charge < -0.3 is 10.5 Å². The van der Waals surface area contributed by atoms with E-state index in [9.17, 15) is 0 Å². The van der Waals surface area contributed by atoms with Crippen molar-refractivity contribution in [3.63, 3.8) is 0 Å². The van der Waals surface area contributed by atoms with Gasteiger partial charge in [-0.2, -0.15) is 5.10 Å². The smallest absolute Gasteiger partial charge is 0.222 e. The summed E-state index contributed by atoms with van der Waals surface area (Å²) in [7, 11) is 1.81. The van der Waals surface area contributed by atoms with Gasteiger partial charge in [-0.15, -0.1) is 0 Å². The molecule has 0 spiro atoms. The van der Waals surface area contributed by atoms with Gasteiger partial charge in [0.25, 0.3) is 0 Å².